The topological polar surface area (TPSA) is 132 Å². The molecule has 11 heteroatoms. The molecule has 0 radical (unpaired) electrons. The summed E-state index contributed by atoms with van der Waals surface area (Å²) in [5.41, 5.74) is 3.86. The molecule has 10 nitrogen and oxygen atoms in total. The molecular weight excluding hydrogens is 554 g/mol. The number of nitrogens with one attached hydrogen (secondary N) is 3. The molecule has 3 N–H and O–H groups in total. The number of ether oxygens (including phenoxy) is 2. The van der Waals surface area contributed by atoms with Gasteiger partial charge >= 0.3 is 0 Å². The van der Waals surface area contributed by atoms with E-state index in [2.05, 4.69) is 25.3 Å². The number of anilines is 4. The smallest absolute Gasteiger partial charge is 0.263 e. The zero-order chi connectivity index (χ0) is 29.7. The van der Waals surface area contributed by atoms with Gasteiger partial charge in [-0.2, -0.15) is 0 Å². The lowest BCUT2D eigenvalue weighted by Gasteiger charge is -2.15. The maximum absolute atomic E-state index is 13.6. The molecule has 5 rings (SSSR count). The molecule has 5 aromatic rings. The van der Waals surface area contributed by atoms with Crippen LogP contribution in [0.4, 0.5) is 23.0 Å². The van der Waals surface area contributed by atoms with Gasteiger partial charge in [-0.05, 0) is 48.4 Å². The molecule has 0 unspecified atom stereocenters. The Bertz CT molecular complexity index is 1860. The number of carbonyl (C=O) groups is 1. The van der Waals surface area contributed by atoms with Gasteiger partial charge in [0.2, 0.25) is 5.91 Å². The Morgan fingerprint density at radius 1 is 0.762 bits per heavy atom. The van der Waals surface area contributed by atoms with Crippen LogP contribution in [0.3, 0.4) is 0 Å². The minimum Gasteiger partial charge on any atom is -0.497 e. The standard InChI is InChI=1S/C31H29N5O5S/c1-20-9-4-5-10-21(20)15-29(37)32-22-11-8-12-26(18-22)42(38,39)36-31-30(34-27-13-6-7-14-28(27)35-31)33-23-16-24(40-2)19-25(17-23)41-3/h4-14,16-19H,15H2,1-3H3,(H,32,37)(H,33,34)(H,35,36). The number of hydrogen-bond acceptors (Lipinski definition) is 8. The highest BCUT2D eigenvalue weighted by molar-refractivity contribution is 7.92. The number of rotatable bonds is 10. The highest BCUT2D eigenvalue weighted by atomic mass is 32.2. The number of aryl methyl sites for hydroxylation is 1. The van der Waals surface area contributed by atoms with Gasteiger partial charge in [-0.1, -0.05) is 42.5 Å². The Morgan fingerprint density at radius 2 is 1.40 bits per heavy atom. The van der Waals surface area contributed by atoms with Crippen molar-refractivity contribution in [2.45, 2.75) is 18.2 Å². The normalized spacial score (nSPS) is 11.1. The second-order valence-electron chi connectivity index (χ2n) is 9.42. The molecule has 0 atom stereocenters. The van der Waals surface area contributed by atoms with Crippen molar-refractivity contribution in [3.05, 3.63) is 102 Å². The molecule has 0 aliphatic carbocycles. The Balaban J connectivity index is 1.43. The fourth-order valence-corrected chi connectivity index (χ4v) is 5.34. The predicted octanol–water partition coefficient (Wildman–Crippen LogP) is 5.68. The van der Waals surface area contributed by atoms with Crippen LogP contribution < -0.4 is 24.8 Å². The molecule has 4 aromatic carbocycles. The summed E-state index contributed by atoms with van der Waals surface area (Å²) in [6, 6.07) is 25.9. The van der Waals surface area contributed by atoms with Crippen molar-refractivity contribution >= 4 is 50.0 Å². The Labute approximate surface area is 243 Å². The quantitative estimate of drug-likeness (QED) is 0.191. The van der Waals surface area contributed by atoms with E-state index in [1.165, 1.54) is 26.4 Å². The summed E-state index contributed by atoms with van der Waals surface area (Å²) in [5, 5.41) is 5.92. The van der Waals surface area contributed by atoms with E-state index < -0.39 is 10.0 Å². The molecule has 0 spiro atoms. The monoisotopic (exact) mass is 583 g/mol. The number of para-hydroxylation sites is 2. The summed E-state index contributed by atoms with van der Waals surface area (Å²) >= 11 is 0. The molecule has 1 amide bonds. The van der Waals surface area contributed by atoms with Gasteiger partial charge in [0.25, 0.3) is 10.0 Å². The molecular formula is C31H29N5O5S. The number of methoxy groups -OCH3 is 2. The number of nitrogens with zero attached hydrogens (tertiary/aromatic N) is 2. The van der Waals surface area contributed by atoms with E-state index in [4.69, 9.17) is 9.47 Å². The first-order chi connectivity index (χ1) is 20.2. The predicted molar refractivity (Wildman–Crippen MR) is 163 cm³/mol. The van der Waals surface area contributed by atoms with Crippen molar-refractivity contribution in [1.29, 1.82) is 0 Å². The van der Waals surface area contributed by atoms with Crippen molar-refractivity contribution in [1.82, 2.24) is 9.97 Å². The van der Waals surface area contributed by atoms with Crippen molar-refractivity contribution in [3.63, 3.8) is 0 Å². The fraction of sp³-hybridized carbons (Fsp3) is 0.129. The lowest BCUT2D eigenvalue weighted by atomic mass is 10.1. The summed E-state index contributed by atoms with van der Waals surface area (Å²) < 4.78 is 40.4. The van der Waals surface area contributed by atoms with Crippen molar-refractivity contribution in [2.24, 2.45) is 0 Å². The van der Waals surface area contributed by atoms with Crippen molar-refractivity contribution < 1.29 is 22.7 Å². The third-order valence-electron chi connectivity index (χ3n) is 6.46. The average molecular weight is 584 g/mol. The Hall–Kier alpha value is -5.16. The Kier molecular flexibility index (Phi) is 8.21. The molecule has 1 aromatic heterocycles. The maximum atomic E-state index is 13.6. The first-order valence-electron chi connectivity index (χ1n) is 13.0. The molecule has 0 saturated heterocycles. The van der Waals surface area contributed by atoms with E-state index in [9.17, 15) is 13.2 Å². The number of benzene rings is 4. The summed E-state index contributed by atoms with van der Waals surface area (Å²) in [5.74, 6) is 0.982. The van der Waals surface area contributed by atoms with Crippen molar-refractivity contribution in [2.75, 3.05) is 29.6 Å². The Morgan fingerprint density at radius 3 is 2.07 bits per heavy atom. The number of aromatic nitrogens is 2. The highest BCUT2D eigenvalue weighted by Crippen LogP contribution is 2.31. The number of hydrogen-bond donors (Lipinski definition) is 3. The van der Waals surface area contributed by atoms with E-state index in [-0.39, 0.29) is 28.9 Å². The third kappa shape index (κ3) is 6.58. The number of carbonyl (C=O) groups excluding carboxylic acids is 1. The maximum Gasteiger partial charge on any atom is 0.263 e. The fourth-order valence-electron chi connectivity index (χ4n) is 4.29. The van der Waals surface area contributed by atoms with Crippen LogP contribution in [-0.4, -0.2) is 38.5 Å². The van der Waals surface area contributed by atoms with Crippen LogP contribution in [0.1, 0.15) is 11.1 Å². The number of amides is 1. The first-order valence-corrected chi connectivity index (χ1v) is 14.5. The molecule has 214 valence electrons. The van der Waals surface area contributed by atoms with Crippen LogP contribution >= 0.6 is 0 Å². The summed E-state index contributed by atoms with van der Waals surface area (Å²) in [4.78, 5) is 21.8. The van der Waals surface area contributed by atoms with Gasteiger partial charge in [-0.3, -0.25) is 9.52 Å². The van der Waals surface area contributed by atoms with Gasteiger partial charge < -0.3 is 20.1 Å². The minimum absolute atomic E-state index is 0.00974. The van der Waals surface area contributed by atoms with E-state index >= 15 is 0 Å². The first kappa shape index (κ1) is 28.4. The van der Waals surface area contributed by atoms with Crippen LogP contribution in [-0.2, 0) is 21.2 Å². The minimum atomic E-state index is -4.14. The van der Waals surface area contributed by atoms with Gasteiger partial charge in [0.05, 0.1) is 36.6 Å². The van der Waals surface area contributed by atoms with Gasteiger partial charge in [0.15, 0.2) is 11.6 Å². The average Bonchev–Trinajstić information content (AvgIpc) is 2.98. The molecule has 1 heterocycles. The highest BCUT2D eigenvalue weighted by Gasteiger charge is 2.20. The molecule has 0 fully saturated rings. The van der Waals surface area contributed by atoms with E-state index in [0.29, 0.717) is 33.9 Å². The van der Waals surface area contributed by atoms with Gasteiger partial charge in [0, 0.05) is 29.6 Å². The molecule has 0 bridgehead atoms. The van der Waals surface area contributed by atoms with Crippen LogP contribution in [0, 0.1) is 6.92 Å². The van der Waals surface area contributed by atoms with Crippen molar-refractivity contribution in [3.8, 4) is 11.5 Å². The van der Waals surface area contributed by atoms with E-state index in [1.54, 1.807) is 48.5 Å². The molecule has 0 aliphatic rings. The van der Waals surface area contributed by atoms with E-state index in [0.717, 1.165) is 11.1 Å². The van der Waals surface area contributed by atoms with Gasteiger partial charge in [-0.25, -0.2) is 18.4 Å². The number of fused-ring (bicyclic) bond motifs is 1. The molecule has 42 heavy (non-hydrogen) atoms. The SMILES string of the molecule is COc1cc(Nc2nc3ccccc3nc2NS(=O)(=O)c2cccc(NC(=O)Cc3ccccc3C)c2)cc(OC)c1. The third-order valence-corrected chi connectivity index (χ3v) is 7.79. The van der Waals surface area contributed by atoms with Gasteiger partial charge in [-0.15, -0.1) is 0 Å². The zero-order valence-electron chi connectivity index (χ0n) is 23.2. The van der Waals surface area contributed by atoms with Crippen LogP contribution in [0.2, 0.25) is 0 Å². The second-order valence-corrected chi connectivity index (χ2v) is 11.1. The van der Waals surface area contributed by atoms with Gasteiger partial charge in [0.1, 0.15) is 11.5 Å². The lowest BCUT2D eigenvalue weighted by Crippen LogP contribution is -2.18. The van der Waals surface area contributed by atoms with E-state index in [1.807, 2.05) is 37.3 Å². The number of sulfonamides is 1. The second kappa shape index (κ2) is 12.1. The largest absolute Gasteiger partial charge is 0.497 e. The van der Waals surface area contributed by atoms with Crippen LogP contribution in [0.5, 0.6) is 11.5 Å². The summed E-state index contributed by atoms with van der Waals surface area (Å²) in [6.07, 6.45) is 0.165. The zero-order valence-corrected chi connectivity index (χ0v) is 24.0. The summed E-state index contributed by atoms with van der Waals surface area (Å²) in [7, 11) is -1.07. The summed E-state index contributed by atoms with van der Waals surface area (Å²) in [6.45, 7) is 1.94. The lowest BCUT2D eigenvalue weighted by molar-refractivity contribution is -0.115. The molecule has 0 aliphatic heterocycles. The van der Waals surface area contributed by atoms with Crippen LogP contribution in [0.15, 0.2) is 95.9 Å². The van der Waals surface area contributed by atoms with Crippen LogP contribution in [0.25, 0.3) is 11.0 Å². The molecule has 0 saturated carbocycles.